The first-order valence-electron chi connectivity index (χ1n) is 4.15. The minimum Gasteiger partial charge on any atom is -0.378 e. The van der Waals surface area contributed by atoms with Gasteiger partial charge in [0, 0.05) is 0 Å². The summed E-state index contributed by atoms with van der Waals surface area (Å²) in [6.07, 6.45) is 1.28. The summed E-state index contributed by atoms with van der Waals surface area (Å²) in [6.45, 7) is 0. The molecule has 0 aliphatic heterocycles. The summed E-state index contributed by atoms with van der Waals surface area (Å²) in [5.74, 6) is -0.155. The summed E-state index contributed by atoms with van der Waals surface area (Å²) >= 11 is 5.94. The second-order valence-corrected chi connectivity index (χ2v) is 3.24. The van der Waals surface area contributed by atoms with Crippen molar-refractivity contribution in [2.45, 2.75) is 0 Å². The molecule has 0 unspecified atom stereocenters. The van der Waals surface area contributed by atoms with Crippen LogP contribution in [0.2, 0.25) is 5.02 Å². The van der Waals surface area contributed by atoms with Gasteiger partial charge in [0.2, 0.25) is 5.82 Å². The zero-order valence-electron chi connectivity index (χ0n) is 7.59. The van der Waals surface area contributed by atoms with Gasteiger partial charge in [-0.3, -0.25) is 4.79 Å². The standard InChI is InChI=1S/C9H7ClN4O/c10-6-3-1-2-4-7(6)14-5-12-9(15)8(11)13-14/h1-5H,(H2,11,13). The first kappa shape index (κ1) is 9.67. The number of anilines is 1. The molecule has 0 aliphatic carbocycles. The van der Waals surface area contributed by atoms with Gasteiger partial charge in [0.25, 0.3) is 0 Å². The summed E-state index contributed by atoms with van der Waals surface area (Å²) in [5.41, 5.74) is 5.44. The van der Waals surface area contributed by atoms with Crippen molar-refractivity contribution in [1.82, 2.24) is 14.8 Å². The Bertz CT molecular complexity index is 552. The van der Waals surface area contributed by atoms with Crippen LogP contribution >= 0.6 is 11.6 Å². The van der Waals surface area contributed by atoms with Crippen LogP contribution in [0.15, 0.2) is 35.4 Å². The maximum absolute atomic E-state index is 10.9. The van der Waals surface area contributed by atoms with E-state index in [9.17, 15) is 4.79 Å². The van der Waals surface area contributed by atoms with Crippen molar-refractivity contribution in [2.24, 2.45) is 0 Å². The maximum atomic E-state index is 10.9. The molecule has 0 saturated heterocycles. The molecule has 1 heterocycles. The van der Waals surface area contributed by atoms with E-state index in [1.807, 2.05) is 0 Å². The number of nitrogen functional groups attached to an aromatic ring is 1. The fraction of sp³-hybridized carbons (Fsp3) is 0. The molecule has 0 fully saturated rings. The van der Waals surface area contributed by atoms with Gasteiger partial charge in [0.15, 0.2) is 0 Å². The predicted octanol–water partition coefficient (Wildman–Crippen LogP) is 0.863. The van der Waals surface area contributed by atoms with Crippen molar-refractivity contribution >= 4 is 17.4 Å². The van der Waals surface area contributed by atoms with E-state index in [2.05, 4.69) is 10.1 Å². The average molecular weight is 223 g/mol. The zero-order valence-corrected chi connectivity index (χ0v) is 8.35. The van der Waals surface area contributed by atoms with Crippen LogP contribution in [0.3, 0.4) is 0 Å². The fourth-order valence-electron chi connectivity index (χ4n) is 1.11. The first-order chi connectivity index (χ1) is 7.18. The monoisotopic (exact) mass is 222 g/mol. The SMILES string of the molecule is Nc1nn(-c2ccccc2Cl)cnc1=O. The van der Waals surface area contributed by atoms with Crippen LogP contribution in [-0.2, 0) is 0 Å². The smallest absolute Gasteiger partial charge is 0.315 e. The summed E-state index contributed by atoms with van der Waals surface area (Å²) in [5, 5.41) is 4.35. The number of rotatable bonds is 1. The molecule has 1 aromatic carbocycles. The Morgan fingerprint density at radius 2 is 2.07 bits per heavy atom. The number of halogens is 1. The average Bonchev–Trinajstić information content (AvgIpc) is 2.23. The van der Waals surface area contributed by atoms with E-state index >= 15 is 0 Å². The molecule has 6 heteroatoms. The third-order valence-corrected chi connectivity index (χ3v) is 2.14. The van der Waals surface area contributed by atoms with Crippen molar-refractivity contribution in [3.05, 3.63) is 46.0 Å². The molecule has 2 rings (SSSR count). The van der Waals surface area contributed by atoms with E-state index in [4.69, 9.17) is 17.3 Å². The molecule has 76 valence electrons. The van der Waals surface area contributed by atoms with E-state index in [-0.39, 0.29) is 5.82 Å². The van der Waals surface area contributed by atoms with Crippen molar-refractivity contribution in [3.63, 3.8) is 0 Å². The van der Waals surface area contributed by atoms with E-state index < -0.39 is 5.56 Å². The second kappa shape index (κ2) is 3.70. The molecule has 2 N–H and O–H groups in total. The van der Waals surface area contributed by atoms with Crippen molar-refractivity contribution in [1.29, 1.82) is 0 Å². The quantitative estimate of drug-likeness (QED) is 0.777. The highest BCUT2D eigenvalue weighted by atomic mass is 35.5. The molecule has 0 aliphatic rings. The minimum atomic E-state index is -0.543. The lowest BCUT2D eigenvalue weighted by atomic mass is 10.3. The topological polar surface area (TPSA) is 73.8 Å². The van der Waals surface area contributed by atoms with E-state index in [0.717, 1.165) is 0 Å². The van der Waals surface area contributed by atoms with Crippen molar-refractivity contribution < 1.29 is 0 Å². The Kier molecular flexibility index (Phi) is 2.39. The molecule has 0 spiro atoms. The van der Waals surface area contributed by atoms with Crippen molar-refractivity contribution in [2.75, 3.05) is 5.73 Å². The third kappa shape index (κ3) is 1.82. The van der Waals surface area contributed by atoms with Crippen LogP contribution in [-0.4, -0.2) is 14.8 Å². The summed E-state index contributed by atoms with van der Waals surface area (Å²) in [4.78, 5) is 14.5. The molecule has 0 bridgehead atoms. The largest absolute Gasteiger partial charge is 0.378 e. The zero-order chi connectivity index (χ0) is 10.8. The normalized spacial score (nSPS) is 10.2. The molecule has 0 atom stereocenters. The summed E-state index contributed by atoms with van der Waals surface area (Å²) in [7, 11) is 0. The Morgan fingerprint density at radius 1 is 1.33 bits per heavy atom. The molecule has 0 radical (unpaired) electrons. The maximum Gasteiger partial charge on any atom is 0.315 e. The van der Waals surface area contributed by atoms with Gasteiger partial charge >= 0.3 is 5.56 Å². The number of nitrogens with zero attached hydrogens (tertiary/aromatic N) is 3. The molecule has 1 aromatic heterocycles. The minimum absolute atomic E-state index is 0.155. The van der Waals surface area contributed by atoms with Crippen LogP contribution in [0, 0.1) is 0 Å². The molecular weight excluding hydrogens is 216 g/mol. The van der Waals surface area contributed by atoms with Gasteiger partial charge in [-0.15, -0.1) is 5.10 Å². The van der Waals surface area contributed by atoms with E-state index in [1.54, 1.807) is 24.3 Å². The Labute approximate surface area is 90.1 Å². The Balaban J connectivity index is 2.60. The van der Waals surface area contributed by atoms with Crippen molar-refractivity contribution in [3.8, 4) is 5.69 Å². The predicted molar refractivity (Wildman–Crippen MR) is 57.1 cm³/mol. The van der Waals surface area contributed by atoms with E-state index in [0.29, 0.717) is 10.7 Å². The molecule has 15 heavy (non-hydrogen) atoms. The fourth-order valence-corrected chi connectivity index (χ4v) is 1.33. The Hall–Kier alpha value is -1.88. The first-order valence-corrected chi connectivity index (χ1v) is 4.52. The molecule has 2 aromatic rings. The Morgan fingerprint density at radius 3 is 2.73 bits per heavy atom. The molecular formula is C9H7ClN4O. The second-order valence-electron chi connectivity index (χ2n) is 2.83. The number of benzene rings is 1. The highest BCUT2D eigenvalue weighted by Gasteiger charge is 2.03. The number of nitrogens with two attached hydrogens (primary N) is 1. The summed E-state index contributed by atoms with van der Waals surface area (Å²) < 4.78 is 1.36. The number of hydrogen-bond donors (Lipinski definition) is 1. The number of aromatic nitrogens is 3. The highest BCUT2D eigenvalue weighted by molar-refractivity contribution is 6.32. The van der Waals surface area contributed by atoms with Gasteiger partial charge in [-0.2, -0.15) is 4.98 Å². The molecule has 5 nitrogen and oxygen atoms in total. The molecule has 0 saturated carbocycles. The van der Waals surface area contributed by atoms with Crippen LogP contribution in [0.4, 0.5) is 5.82 Å². The van der Waals surface area contributed by atoms with Gasteiger partial charge in [-0.05, 0) is 12.1 Å². The van der Waals surface area contributed by atoms with Crippen LogP contribution in [0.25, 0.3) is 5.69 Å². The van der Waals surface area contributed by atoms with Gasteiger partial charge in [-0.1, -0.05) is 23.7 Å². The lowest BCUT2D eigenvalue weighted by Gasteiger charge is -2.05. The molecule has 0 amide bonds. The van der Waals surface area contributed by atoms with Gasteiger partial charge in [0.1, 0.15) is 6.33 Å². The highest BCUT2D eigenvalue weighted by Crippen LogP contribution is 2.17. The number of hydrogen-bond acceptors (Lipinski definition) is 4. The lowest BCUT2D eigenvalue weighted by molar-refractivity contribution is 0.804. The lowest BCUT2D eigenvalue weighted by Crippen LogP contribution is -2.18. The number of para-hydroxylation sites is 1. The van der Waals surface area contributed by atoms with Crippen LogP contribution < -0.4 is 11.3 Å². The van der Waals surface area contributed by atoms with Crippen LogP contribution in [0.1, 0.15) is 0 Å². The van der Waals surface area contributed by atoms with E-state index in [1.165, 1.54) is 11.0 Å². The third-order valence-electron chi connectivity index (χ3n) is 1.82. The summed E-state index contributed by atoms with van der Waals surface area (Å²) in [6, 6.07) is 7.07. The van der Waals surface area contributed by atoms with Crippen LogP contribution in [0.5, 0.6) is 0 Å². The van der Waals surface area contributed by atoms with Gasteiger partial charge < -0.3 is 5.73 Å². The van der Waals surface area contributed by atoms with Gasteiger partial charge in [0.05, 0.1) is 10.7 Å². The van der Waals surface area contributed by atoms with Gasteiger partial charge in [-0.25, -0.2) is 4.68 Å².